The zero-order chi connectivity index (χ0) is 102. The molecule has 0 bridgehead atoms. The summed E-state index contributed by atoms with van der Waals surface area (Å²) in [5, 5.41) is 68.3. The molecule has 0 saturated carbocycles. The number of amidine groups is 8. The first kappa shape index (κ1) is 117. The van der Waals surface area contributed by atoms with E-state index >= 15 is 0 Å². The number of aromatic amines is 4. The van der Waals surface area contributed by atoms with E-state index in [2.05, 4.69) is 161 Å². The molecular formula is C82H136N51OS2+. The Labute approximate surface area is 797 Å². The van der Waals surface area contributed by atoms with Gasteiger partial charge in [-0.25, -0.2) is 54.6 Å². The van der Waals surface area contributed by atoms with Gasteiger partial charge in [-0.15, -0.1) is 11.3 Å². The van der Waals surface area contributed by atoms with Crippen LogP contribution in [0.4, 0.5) is 51.8 Å². The van der Waals surface area contributed by atoms with Gasteiger partial charge in [-0.1, -0.05) is 47.8 Å². The summed E-state index contributed by atoms with van der Waals surface area (Å²) in [6.07, 6.45) is 25.8. The normalized spacial score (nSPS) is 11.7. The van der Waals surface area contributed by atoms with E-state index in [0.717, 1.165) is 86.5 Å². The van der Waals surface area contributed by atoms with E-state index in [4.69, 9.17) is 101 Å². The number of aromatic nitrogens is 21. The van der Waals surface area contributed by atoms with Gasteiger partial charge in [-0.05, 0) is 94.1 Å². The summed E-state index contributed by atoms with van der Waals surface area (Å²) in [5.41, 5.74) is 81.1. The van der Waals surface area contributed by atoms with E-state index in [1.807, 2.05) is 133 Å². The summed E-state index contributed by atoms with van der Waals surface area (Å²) in [7, 11) is 23.6. The lowest BCUT2D eigenvalue weighted by atomic mass is 10.1. The van der Waals surface area contributed by atoms with Crippen molar-refractivity contribution >= 4 is 160 Å². The van der Waals surface area contributed by atoms with Gasteiger partial charge in [0.2, 0.25) is 12.3 Å². The molecule has 54 heteroatoms. The van der Waals surface area contributed by atoms with Gasteiger partial charge >= 0.3 is 5.65 Å². The number of aliphatic imine (C=N–C) groups is 4. The average Bonchev–Trinajstić information content (AvgIpc) is 1.66. The first-order valence-electron chi connectivity index (χ1n) is 40.7. The standard InChI is InChI=1S/2C8H11N3.2C6H7N5.2C6H9N3.C6H11N.C5H5N5.C4H8N4.C4H7N3.C4H9N3.C4H7N3.C4H8N2S.C4H6N2S.C3H8N2.C2H6N2O.C2H6N2/c1-11-7-5-3-2-4-6(7)8(9)10;1-11-8(10)6-4-2-3-5-7(6)9;1-11-2-4-5(7)8-3-9-6(4)10-11;1-11-6-4(2-10-11)5(7)8-3-9-6;1-9-4-2-3-5(9)6(7)8;1-4-2-3-5(9-4)6(7)8;1-6-4-3-5-7(6)2;6-4-3-5(9-1-7-3)10-2-8-4;1-6-8-3-2-7-4(8)5;1-7-3-2-6-4(7)5;4*1-5-4-6-2-3-7-4;1-3(4)5-2;1-2(3)4-5;1-2(3)4/h2-5,11H,1H3,(H3,9,10);2-5H,9H2,1H3,(H2,10,11);2*2-3H,1H3,(H2,7,8,9,10);2-4H,1H3,(H3,7,8);2-3,9H,1H3,(H3,7,8);1,3-5H2,2H3;1-2H,(H3,6,7,8,9,10);2-3,6H,1H3,(H2,5,7);2-3H,1H3,(H2,5,6);2-3H2,1H3,(H2,5,6,7);2-3H,1H3,(H2,5,6,7);2-3H2,1H3,(H,5,6);2-3H,1H3,(H,5,6);1-2H3,(H2,4,5);5H,1H3,(H2,3,4);1H3,(H3,3,4)/p+1. The molecule has 2 aromatic carbocycles. The number of nitrogens with one attached hydrogen (secondary N) is 15. The van der Waals surface area contributed by atoms with Crippen LogP contribution in [0.25, 0.3) is 33.2 Å². The maximum atomic E-state index is 7.61. The molecule has 0 atom stereocenters. The molecular weight excluding hydrogens is 1780 g/mol. The number of likely N-dealkylation sites (tertiary alicyclic amines) is 1. The lowest BCUT2D eigenvalue weighted by Gasteiger charge is -2.08. The smallest absolute Gasteiger partial charge is 0.355 e. The highest BCUT2D eigenvalue weighted by molar-refractivity contribution is 8.14. The van der Waals surface area contributed by atoms with Crippen molar-refractivity contribution in [2.45, 2.75) is 40.5 Å². The van der Waals surface area contributed by atoms with Crippen LogP contribution in [0, 0.1) is 28.6 Å². The second-order valence-corrected chi connectivity index (χ2v) is 28.9. The summed E-state index contributed by atoms with van der Waals surface area (Å²) in [5.74, 6) is 7.09. The van der Waals surface area contributed by atoms with E-state index in [0.29, 0.717) is 69.2 Å². The first-order valence-corrected chi connectivity index (χ1v) is 42.6. The van der Waals surface area contributed by atoms with E-state index < -0.39 is 0 Å². The number of benzene rings is 2. The van der Waals surface area contributed by atoms with Gasteiger partial charge in [0.15, 0.2) is 45.3 Å². The molecule has 3 fully saturated rings. The number of hydrogen-bond acceptors (Lipinski definition) is 35. The molecule has 736 valence electrons. The SMILES string of the molecule is C/C(N)=N/O.C=C1CCCN1C.CC(=N)N.CN=C(C)N.CN=C(N)c1ccccc1N.CN=C1NCCN1.CN=C1NCCS1.CNc1ccccc1C(=N)N.CNc1ncc[nH]1.CNc1nccs1.CNn1ccnc1N.C[n+]1[nH]cc2c(N)ncnc21.Cc1ccc(C(=N)N)[nH]1.Cn1cc2c(N)ncnc2n1.Cn1cccc1C(=N)N.Cn1ccnc1N.Nc1ncnc2nc[nH]c12. The van der Waals surface area contributed by atoms with Crippen LogP contribution in [0.2, 0.25) is 0 Å². The Morgan fingerprint density at radius 3 is 1.56 bits per heavy atom. The second-order valence-electron chi connectivity index (χ2n) is 26.9. The number of aryl methyl sites for hydroxylation is 5. The van der Waals surface area contributed by atoms with E-state index in [9.17, 15) is 0 Å². The molecule has 0 radical (unpaired) electrons. The van der Waals surface area contributed by atoms with Crippen LogP contribution in [0.5, 0.6) is 0 Å². The molecule has 3 aliphatic heterocycles. The van der Waals surface area contributed by atoms with Gasteiger partial charge < -0.3 is 146 Å². The maximum absolute atomic E-state index is 7.61. The number of nitrogens with two attached hydrogens (primary N) is 13. The fourth-order valence-electron chi connectivity index (χ4n) is 9.55. The summed E-state index contributed by atoms with van der Waals surface area (Å²) >= 11 is 3.38. The zero-order valence-corrected chi connectivity index (χ0v) is 81.4. The molecule has 17 rings (SSSR count). The highest BCUT2D eigenvalue weighted by atomic mass is 32.2. The first-order chi connectivity index (χ1) is 64.8. The molecule has 12 aromatic heterocycles. The third-order valence-corrected chi connectivity index (χ3v) is 18.3. The molecule has 42 N–H and O–H groups in total. The van der Waals surface area contributed by atoms with Crippen LogP contribution < -0.4 is 117 Å². The summed E-state index contributed by atoms with van der Waals surface area (Å²) in [6.45, 7) is 14.9. The van der Waals surface area contributed by atoms with Gasteiger partial charge in [0.25, 0.3) is 0 Å². The predicted molar refractivity (Wildman–Crippen MR) is 557 cm³/mol. The Hall–Kier alpha value is -17.4. The Kier molecular flexibility index (Phi) is 57.4. The predicted octanol–water partition coefficient (Wildman–Crippen LogP) is 3.44. The van der Waals surface area contributed by atoms with Crippen molar-refractivity contribution in [1.29, 1.82) is 21.6 Å². The molecule has 14 aromatic rings. The Bertz CT molecular complexity index is 5740. The summed E-state index contributed by atoms with van der Waals surface area (Å²) < 4.78 is 8.63. The van der Waals surface area contributed by atoms with Gasteiger partial charge in [0.1, 0.15) is 71.4 Å². The fraction of sp³-hybridized carbons (Fsp3) is 0.293. The van der Waals surface area contributed by atoms with Crippen molar-refractivity contribution in [3.63, 3.8) is 0 Å². The number of para-hydroxylation sites is 2. The number of thioether (sulfide) groups is 1. The van der Waals surface area contributed by atoms with Crippen molar-refractivity contribution < 1.29 is 9.89 Å². The molecule has 0 amide bonds. The minimum absolute atomic E-state index is 0.0862. The van der Waals surface area contributed by atoms with Crippen LogP contribution in [0.3, 0.4) is 0 Å². The summed E-state index contributed by atoms with van der Waals surface area (Å²) in [4.78, 5) is 68.6. The van der Waals surface area contributed by atoms with Crippen LogP contribution >= 0.6 is 23.1 Å². The number of imidazole rings is 4. The Balaban J connectivity index is 0.000000727. The van der Waals surface area contributed by atoms with Crippen LogP contribution in [0.15, 0.2) is 203 Å². The molecule has 136 heavy (non-hydrogen) atoms. The number of oxime groups is 1. The lowest BCUT2D eigenvalue weighted by molar-refractivity contribution is -0.704. The monoisotopic (exact) mass is 1920 g/mol. The summed E-state index contributed by atoms with van der Waals surface area (Å²) in [6, 6.07) is 22.2. The Morgan fingerprint density at radius 2 is 1.21 bits per heavy atom. The number of H-pyrrole nitrogens is 4. The number of allylic oxidation sites excluding steroid dienone is 1. The van der Waals surface area contributed by atoms with Gasteiger partial charge in [0.05, 0.1) is 41.0 Å². The minimum atomic E-state index is 0.0862. The lowest BCUT2D eigenvalue weighted by Crippen LogP contribution is -2.30. The zero-order valence-electron chi connectivity index (χ0n) is 79.8. The van der Waals surface area contributed by atoms with Gasteiger partial charge in [-0.3, -0.25) is 46.3 Å². The van der Waals surface area contributed by atoms with Crippen LogP contribution in [0.1, 0.15) is 61.8 Å². The van der Waals surface area contributed by atoms with Crippen LogP contribution in [-0.2, 0) is 28.2 Å². The number of anilines is 9. The largest absolute Gasteiger partial charge is 0.409 e. The minimum Gasteiger partial charge on any atom is -0.409 e. The van der Waals surface area contributed by atoms with E-state index in [1.54, 1.807) is 152 Å². The Morgan fingerprint density at radius 1 is 0.596 bits per heavy atom. The molecule has 15 heterocycles. The van der Waals surface area contributed by atoms with E-state index in [1.165, 1.54) is 70.0 Å². The van der Waals surface area contributed by atoms with Gasteiger partial charge in [-0.2, -0.15) is 14.8 Å². The van der Waals surface area contributed by atoms with Crippen molar-refractivity contribution in [3.05, 3.63) is 206 Å². The quantitative estimate of drug-likeness (QED) is 0.0259. The van der Waals surface area contributed by atoms with Crippen molar-refractivity contribution in [1.82, 2.24) is 119 Å². The third kappa shape index (κ3) is 47.8. The fourth-order valence-corrected chi connectivity index (χ4v) is 10.8. The molecule has 0 unspecified atom stereocenters. The number of guanidine groups is 1. The number of nitrogens with zero attached hydrogens (tertiary/aromatic N) is 23. The van der Waals surface area contributed by atoms with Crippen molar-refractivity contribution in [2.24, 2.45) is 93.5 Å². The second kappa shape index (κ2) is 66.9. The number of fused-ring (bicyclic) bond motifs is 3. The van der Waals surface area contributed by atoms with Gasteiger partial charge in [0, 0.05) is 212 Å². The highest BCUT2D eigenvalue weighted by Gasteiger charge is 2.12. The number of hydrogen-bond donors (Lipinski definition) is 29. The maximum Gasteiger partial charge on any atom is 0.355 e. The number of thiazole rings is 1. The number of rotatable bonds is 8. The molecule has 0 aliphatic carbocycles. The third-order valence-electron chi connectivity index (χ3n) is 16.5. The topological polar surface area (TPSA) is 845 Å². The molecule has 3 aliphatic rings. The van der Waals surface area contributed by atoms with Crippen molar-refractivity contribution in [3.8, 4) is 0 Å². The molecule has 3 saturated heterocycles. The molecule has 52 nitrogen and oxygen atoms in total. The van der Waals surface area contributed by atoms with Crippen LogP contribution in [-0.4, -0.2) is 256 Å². The van der Waals surface area contributed by atoms with Crippen molar-refractivity contribution in [2.75, 3.05) is 151 Å². The highest BCUT2D eigenvalue weighted by Crippen LogP contribution is 2.17. The molecule has 0 spiro atoms. The number of nitrogen functional groups attached to an aromatic ring is 9. The van der Waals surface area contributed by atoms with E-state index in [-0.39, 0.29) is 29.2 Å². The average molecular weight is 1920 g/mol.